The first-order valence-electron chi connectivity index (χ1n) is 6.00. The van der Waals surface area contributed by atoms with Crippen LogP contribution >= 0.6 is 11.6 Å². The van der Waals surface area contributed by atoms with Gasteiger partial charge in [0.2, 0.25) is 5.82 Å². The highest BCUT2D eigenvalue weighted by Crippen LogP contribution is 2.36. The van der Waals surface area contributed by atoms with E-state index in [0.717, 1.165) is 7.05 Å². The van der Waals surface area contributed by atoms with E-state index in [-0.39, 0.29) is 0 Å². The first kappa shape index (κ1) is 19.0. The Balaban J connectivity index is 2.51. The summed E-state index contributed by atoms with van der Waals surface area (Å²) in [4.78, 5) is 11.9. The summed E-state index contributed by atoms with van der Waals surface area (Å²) in [7, 11) is 0.856. The first-order chi connectivity index (χ1) is 11.4. The van der Waals surface area contributed by atoms with Gasteiger partial charge in [-0.1, -0.05) is 11.6 Å². The Kier molecular flexibility index (Phi) is 4.68. The van der Waals surface area contributed by atoms with Crippen molar-refractivity contribution in [3.63, 3.8) is 0 Å². The third-order valence-electron chi connectivity index (χ3n) is 2.92. The van der Waals surface area contributed by atoms with Crippen LogP contribution in [0.3, 0.4) is 0 Å². The van der Waals surface area contributed by atoms with Gasteiger partial charge in [-0.3, -0.25) is 9.48 Å². The van der Waals surface area contributed by atoms with E-state index in [1.807, 2.05) is 0 Å². The minimum atomic E-state index is -5.04. The first-order valence-corrected chi connectivity index (χ1v) is 6.38. The minimum absolute atomic E-state index is 0.340. The number of hydrogen-bond donors (Lipinski definition) is 1. The molecule has 0 aliphatic rings. The van der Waals surface area contributed by atoms with Gasteiger partial charge in [-0.25, -0.2) is 22.0 Å². The topological polar surface area (TPSA) is 46.9 Å². The second kappa shape index (κ2) is 6.17. The normalized spacial score (nSPS) is 11.8. The molecule has 0 atom stereocenters. The Morgan fingerprint density at radius 1 is 1.00 bits per heavy atom. The molecule has 0 aliphatic carbocycles. The Bertz CT molecular complexity index is 847. The molecule has 0 unspecified atom stereocenters. The van der Waals surface area contributed by atoms with Crippen molar-refractivity contribution in [2.75, 3.05) is 5.32 Å². The summed E-state index contributed by atoms with van der Waals surface area (Å²) in [5.74, 6) is -13.6. The second-order valence-corrected chi connectivity index (χ2v) is 4.91. The van der Waals surface area contributed by atoms with Crippen molar-refractivity contribution in [2.45, 2.75) is 6.18 Å². The van der Waals surface area contributed by atoms with Crippen LogP contribution in [0.25, 0.3) is 0 Å². The summed E-state index contributed by atoms with van der Waals surface area (Å²) in [5.41, 5.74) is -4.41. The number of carbonyl (C=O) groups excluding carboxylic acids is 1. The second-order valence-electron chi connectivity index (χ2n) is 4.53. The molecule has 1 aromatic carbocycles. The van der Waals surface area contributed by atoms with Gasteiger partial charge in [0.05, 0.1) is 0 Å². The molecular formula is C12H4ClF8N3O. The highest BCUT2D eigenvalue weighted by Gasteiger charge is 2.40. The molecule has 0 spiro atoms. The van der Waals surface area contributed by atoms with E-state index in [0.29, 0.717) is 4.68 Å². The third-order valence-corrected chi connectivity index (χ3v) is 3.28. The van der Waals surface area contributed by atoms with Crippen LogP contribution in [-0.4, -0.2) is 15.7 Å². The van der Waals surface area contributed by atoms with Gasteiger partial charge in [0, 0.05) is 7.05 Å². The molecule has 13 heteroatoms. The molecular weight excluding hydrogens is 390 g/mol. The number of nitrogens with zero attached hydrogens (tertiary/aromatic N) is 2. The predicted molar refractivity (Wildman–Crippen MR) is 67.4 cm³/mol. The number of rotatable bonds is 2. The molecule has 2 aromatic rings. The van der Waals surface area contributed by atoms with Gasteiger partial charge in [-0.05, 0) is 0 Å². The van der Waals surface area contributed by atoms with Gasteiger partial charge in [0.15, 0.2) is 29.0 Å². The van der Waals surface area contributed by atoms with Gasteiger partial charge in [-0.15, -0.1) is 0 Å². The maximum absolute atomic E-state index is 13.5. The molecule has 0 fully saturated rings. The van der Waals surface area contributed by atoms with Crippen molar-refractivity contribution in [3.05, 3.63) is 45.5 Å². The molecule has 4 nitrogen and oxygen atoms in total. The zero-order valence-corrected chi connectivity index (χ0v) is 12.5. The number of carbonyl (C=O) groups is 1. The van der Waals surface area contributed by atoms with Gasteiger partial charge >= 0.3 is 6.18 Å². The number of amides is 1. The summed E-state index contributed by atoms with van der Waals surface area (Å²) >= 11 is 5.38. The number of aromatic nitrogens is 2. The molecule has 0 radical (unpaired) electrons. The lowest BCUT2D eigenvalue weighted by Crippen LogP contribution is -2.20. The fourth-order valence-corrected chi connectivity index (χ4v) is 2.17. The summed E-state index contributed by atoms with van der Waals surface area (Å²) in [6.45, 7) is 0. The maximum Gasteiger partial charge on any atom is 0.436 e. The van der Waals surface area contributed by atoms with Crippen molar-refractivity contribution in [1.29, 1.82) is 0 Å². The van der Waals surface area contributed by atoms with Crippen LogP contribution in [0.15, 0.2) is 0 Å². The summed E-state index contributed by atoms with van der Waals surface area (Å²) in [5, 5.41) is 3.03. The number of benzene rings is 1. The van der Waals surface area contributed by atoms with Gasteiger partial charge in [-0.2, -0.15) is 18.3 Å². The van der Waals surface area contributed by atoms with E-state index in [2.05, 4.69) is 5.10 Å². The quantitative estimate of drug-likeness (QED) is 0.475. The SMILES string of the molecule is Cn1nc(C(F)(F)F)c(Cl)c1C(=O)Nc1c(F)c(F)c(F)c(F)c1F. The van der Waals surface area contributed by atoms with E-state index in [1.54, 1.807) is 0 Å². The van der Waals surface area contributed by atoms with E-state index >= 15 is 0 Å². The molecule has 1 aromatic heterocycles. The van der Waals surface area contributed by atoms with Crippen molar-refractivity contribution >= 4 is 23.2 Å². The highest BCUT2D eigenvalue weighted by atomic mass is 35.5. The summed E-state index contributed by atoms with van der Waals surface area (Å²) in [6.07, 6.45) is -5.04. The molecule has 136 valence electrons. The standard InChI is InChI=1S/C12H4ClF8N3O/c1-24-9(2(13)10(23-24)12(19,20)21)11(25)22-8-6(17)4(15)3(14)5(16)7(8)18/h1H3,(H,22,25). The van der Waals surface area contributed by atoms with Crippen molar-refractivity contribution in [1.82, 2.24) is 9.78 Å². The van der Waals surface area contributed by atoms with E-state index in [1.165, 1.54) is 5.32 Å². The highest BCUT2D eigenvalue weighted by molar-refractivity contribution is 6.34. The van der Waals surface area contributed by atoms with E-state index in [9.17, 15) is 39.9 Å². The van der Waals surface area contributed by atoms with Crippen molar-refractivity contribution in [2.24, 2.45) is 7.05 Å². The number of halogens is 9. The lowest BCUT2D eigenvalue weighted by molar-refractivity contribution is -0.141. The number of aryl methyl sites for hydroxylation is 1. The lowest BCUT2D eigenvalue weighted by atomic mass is 10.2. The number of alkyl halides is 3. The van der Waals surface area contributed by atoms with Crippen LogP contribution < -0.4 is 5.32 Å². The van der Waals surface area contributed by atoms with Gasteiger partial charge in [0.1, 0.15) is 16.4 Å². The molecule has 2 rings (SSSR count). The zero-order valence-electron chi connectivity index (χ0n) is 11.7. The minimum Gasteiger partial charge on any atom is -0.315 e. The summed E-state index contributed by atoms with van der Waals surface area (Å²) < 4.78 is 104. The third kappa shape index (κ3) is 3.13. The Morgan fingerprint density at radius 2 is 1.44 bits per heavy atom. The van der Waals surface area contributed by atoms with E-state index < -0.39 is 63.3 Å². The van der Waals surface area contributed by atoms with Gasteiger partial charge < -0.3 is 5.32 Å². The molecule has 0 bridgehead atoms. The van der Waals surface area contributed by atoms with Crippen LogP contribution in [0.1, 0.15) is 16.2 Å². The fraction of sp³-hybridized carbons (Fsp3) is 0.167. The number of nitrogens with one attached hydrogen (secondary N) is 1. The van der Waals surface area contributed by atoms with Gasteiger partial charge in [0.25, 0.3) is 5.91 Å². The smallest absolute Gasteiger partial charge is 0.315 e. The van der Waals surface area contributed by atoms with E-state index in [4.69, 9.17) is 11.6 Å². The Morgan fingerprint density at radius 3 is 1.84 bits per heavy atom. The van der Waals surface area contributed by atoms with Crippen LogP contribution in [-0.2, 0) is 13.2 Å². The summed E-state index contributed by atoms with van der Waals surface area (Å²) in [6, 6.07) is 0. The molecule has 1 N–H and O–H groups in total. The number of hydrogen-bond acceptors (Lipinski definition) is 2. The van der Waals surface area contributed by atoms with Crippen molar-refractivity contribution < 1.29 is 39.9 Å². The average Bonchev–Trinajstić information content (AvgIpc) is 2.82. The number of anilines is 1. The van der Waals surface area contributed by atoms with Crippen LogP contribution in [0.5, 0.6) is 0 Å². The molecule has 0 aliphatic heterocycles. The van der Waals surface area contributed by atoms with Crippen LogP contribution in [0.4, 0.5) is 40.8 Å². The Labute approximate surface area is 138 Å². The maximum atomic E-state index is 13.5. The molecule has 0 saturated carbocycles. The molecule has 1 amide bonds. The zero-order chi connectivity index (χ0) is 19.3. The average molecular weight is 394 g/mol. The van der Waals surface area contributed by atoms with Crippen LogP contribution in [0, 0.1) is 29.1 Å². The Hall–Kier alpha value is -2.37. The molecule has 1 heterocycles. The molecule has 25 heavy (non-hydrogen) atoms. The molecule has 0 saturated heterocycles. The monoisotopic (exact) mass is 393 g/mol. The lowest BCUT2D eigenvalue weighted by Gasteiger charge is -2.10. The van der Waals surface area contributed by atoms with Crippen LogP contribution in [0.2, 0.25) is 5.02 Å². The predicted octanol–water partition coefficient (Wildman–Crippen LogP) is 4.04. The fourth-order valence-electron chi connectivity index (χ4n) is 1.81. The van der Waals surface area contributed by atoms with Crippen molar-refractivity contribution in [3.8, 4) is 0 Å². The largest absolute Gasteiger partial charge is 0.436 e.